The number of hydrogen-bond donors (Lipinski definition) is 1. The van der Waals surface area contributed by atoms with Crippen molar-refractivity contribution in [3.05, 3.63) is 64.9 Å². The standard InChI is InChI=1S/C23H26N2O3S/c1-4-12-25-22(26)19(24-23(25)29)13-18-10-11-20(21(14-18)27-5-2)28-15-17-8-6-16(3)7-9-17/h6-11,13-14H,4-5,12,15H2,1-3H3,(H,24,29). The second-order valence-electron chi connectivity index (χ2n) is 6.86. The molecule has 1 N–H and O–H groups in total. The number of carbonyl (C=O) groups is 1. The highest BCUT2D eigenvalue weighted by Gasteiger charge is 2.29. The summed E-state index contributed by atoms with van der Waals surface area (Å²) in [7, 11) is 0. The van der Waals surface area contributed by atoms with Crippen LogP contribution in [0.25, 0.3) is 6.08 Å². The van der Waals surface area contributed by atoms with E-state index < -0.39 is 0 Å². The molecule has 0 bridgehead atoms. The van der Waals surface area contributed by atoms with Gasteiger partial charge in [0.15, 0.2) is 16.6 Å². The van der Waals surface area contributed by atoms with E-state index >= 15 is 0 Å². The Morgan fingerprint density at radius 2 is 1.83 bits per heavy atom. The molecule has 0 unspecified atom stereocenters. The van der Waals surface area contributed by atoms with Crippen LogP contribution in [0.1, 0.15) is 37.0 Å². The van der Waals surface area contributed by atoms with Crippen LogP contribution in [0, 0.1) is 6.92 Å². The van der Waals surface area contributed by atoms with Crippen molar-refractivity contribution in [1.29, 1.82) is 0 Å². The van der Waals surface area contributed by atoms with Gasteiger partial charge in [0.2, 0.25) is 0 Å². The van der Waals surface area contributed by atoms with Crippen LogP contribution in [-0.2, 0) is 11.4 Å². The van der Waals surface area contributed by atoms with Crippen LogP contribution in [0.3, 0.4) is 0 Å². The van der Waals surface area contributed by atoms with Crippen LogP contribution < -0.4 is 14.8 Å². The monoisotopic (exact) mass is 410 g/mol. The van der Waals surface area contributed by atoms with Gasteiger partial charge in [-0.3, -0.25) is 9.69 Å². The van der Waals surface area contributed by atoms with Crippen LogP contribution in [0.15, 0.2) is 48.2 Å². The lowest BCUT2D eigenvalue weighted by atomic mass is 10.1. The first kappa shape index (κ1) is 20.9. The molecular formula is C23H26N2O3S. The van der Waals surface area contributed by atoms with Crippen molar-refractivity contribution in [1.82, 2.24) is 10.2 Å². The average Bonchev–Trinajstić information content (AvgIpc) is 2.97. The van der Waals surface area contributed by atoms with Crippen molar-refractivity contribution >= 4 is 29.3 Å². The van der Waals surface area contributed by atoms with E-state index in [1.165, 1.54) is 5.56 Å². The minimum atomic E-state index is -0.102. The van der Waals surface area contributed by atoms with Gasteiger partial charge in [0, 0.05) is 6.54 Å². The Labute approximate surface area is 177 Å². The molecule has 2 aromatic carbocycles. The van der Waals surface area contributed by atoms with Crippen molar-refractivity contribution in [3.8, 4) is 11.5 Å². The van der Waals surface area contributed by atoms with Gasteiger partial charge in [-0.15, -0.1) is 0 Å². The average molecular weight is 411 g/mol. The Morgan fingerprint density at radius 1 is 1.07 bits per heavy atom. The maximum absolute atomic E-state index is 12.5. The first-order chi connectivity index (χ1) is 14.0. The first-order valence-corrected chi connectivity index (χ1v) is 10.2. The van der Waals surface area contributed by atoms with Crippen molar-refractivity contribution in [2.45, 2.75) is 33.8 Å². The van der Waals surface area contributed by atoms with Crippen molar-refractivity contribution in [3.63, 3.8) is 0 Å². The lowest BCUT2D eigenvalue weighted by Crippen LogP contribution is -2.31. The number of benzene rings is 2. The first-order valence-electron chi connectivity index (χ1n) is 9.81. The zero-order chi connectivity index (χ0) is 20.8. The maximum atomic E-state index is 12.5. The highest BCUT2D eigenvalue weighted by atomic mass is 32.1. The molecule has 1 aliphatic heterocycles. The summed E-state index contributed by atoms with van der Waals surface area (Å²) < 4.78 is 11.7. The van der Waals surface area contributed by atoms with Gasteiger partial charge in [0.05, 0.1) is 6.61 Å². The second kappa shape index (κ2) is 9.56. The van der Waals surface area contributed by atoms with Gasteiger partial charge < -0.3 is 14.8 Å². The van der Waals surface area contributed by atoms with Crippen LogP contribution in [0.5, 0.6) is 11.5 Å². The molecular weight excluding hydrogens is 384 g/mol. The topological polar surface area (TPSA) is 50.8 Å². The van der Waals surface area contributed by atoms with Gasteiger partial charge in [0.25, 0.3) is 5.91 Å². The molecule has 0 atom stereocenters. The largest absolute Gasteiger partial charge is 0.490 e. The Morgan fingerprint density at radius 3 is 2.52 bits per heavy atom. The summed E-state index contributed by atoms with van der Waals surface area (Å²) >= 11 is 5.26. The third kappa shape index (κ3) is 5.15. The molecule has 0 radical (unpaired) electrons. The van der Waals surface area contributed by atoms with Crippen molar-refractivity contribution in [2.75, 3.05) is 13.2 Å². The van der Waals surface area contributed by atoms with Gasteiger partial charge in [-0.25, -0.2) is 0 Å². The third-order valence-corrected chi connectivity index (χ3v) is 4.83. The number of carbonyl (C=O) groups excluding carboxylic acids is 1. The van der Waals surface area contributed by atoms with Gasteiger partial charge >= 0.3 is 0 Å². The summed E-state index contributed by atoms with van der Waals surface area (Å²) in [5.74, 6) is 1.21. The number of amides is 1. The smallest absolute Gasteiger partial charge is 0.276 e. The number of thiocarbonyl (C=S) groups is 1. The molecule has 2 aromatic rings. The molecule has 152 valence electrons. The van der Waals surface area contributed by atoms with Crippen LogP contribution in [0.4, 0.5) is 0 Å². The van der Waals surface area contributed by atoms with Gasteiger partial charge in [-0.05, 0) is 61.8 Å². The van der Waals surface area contributed by atoms with E-state index in [1.54, 1.807) is 11.0 Å². The maximum Gasteiger partial charge on any atom is 0.276 e. The van der Waals surface area contributed by atoms with E-state index in [2.05, 4.69) is 36.5 Å². The SMILES string of the molecule is CCCN1C(=O)C(=Cc2ccc(OCc3ccc(C)cc3)c(OCC)c2)NC1=S. The molecule has 0 aliphatic carbocycles. The Kier molecular flexibility index (Phi) is 6.88. The number of nitrogens with one attached hydrogen (secondary N) is 1. The zero-order valence-corrected chi connectivity index (χ0v) is 17.8. The number of nitrogens with zero attached hydrogens (tertiary/aromatic N) is 1. The fourth-order valence-electron chi connectivity index (χ4n) is 3.01. The van der Waals surface area contributed by atoms with Gasteiger partial charge in [-0.1, -0.05) is 42.8 Å². The normalized spacial score (nSPS) is 15.0. The van der Waals surface area contributed by atoms with Gasteiger partial charge in [-0.2, -0.15) is 0 Å². The summed E-state index contributed by atoms with van der Waals surface area (Å²) in [5.41, 5.74) is 3.62. The summed E-state index contributed by atoms with van der Waals surface area (Å²) in [6.07, 6.45) is 2.64. The van der Waals surface area contributed by atoms with E-state index in [0.29, 0.717) is 42.1 Å². The molecule has 6 heteroatoms. The fourth-order valence-corrected chi connectivity index (χ4v) is 3.30. The molecule has 1 aliphatic rings. The predicted octanol–water partition coefficient (Wildman–Crippen LogP) is 4.44. The van der Waals surface area contributed by atoms with Crippen molar-refractivity contribution in [2.24, 2.45) is 0 Å². The summed E-state index contributed by atoms with van der Waals surface area (Å²) in [6.45, 7) is 7.59. The molecule has 1 heterocycles. The molecule has 29 heavy (non-hydrogen) atoms. The van der Waals surface area contributed by atoms with E-state index in [-0.39, 0.29) is 5.91 Å². The number of hydrogen-bond acceptors (Lipinski definition) is 4. The van der Waals surface area contributed by atoms with E-state index in [9.17, 15) is 4.79 Å². The van der Waals surface area contributed by atoms with E-state index in [0.717, 1.165) is 17.5 Å². The third-order valence-electron chi connectivity index (χ3n) is 4.50. The number of aryl methyl sites for hydroxylation is 1. The zero-order valence-electron chi connectivity index (χ0n) is 17.0. The quantitative estimate of drug-likeness (QED) is 0.515. The highest BCUT2D eigenvalue weighted by Crippen LogP contribution is 2.30. The molecule has 1 fully saturated rings. The predicted molar refractivity (Wildman–Crippen MR) is 119 cm³/mol. The lowest BCUT2D eigenvalue weighted by Gasteiger charge is -2.13. The Hall–Kier alpha value is -2.86. The molecule has 1 saturated heterocycles. The molecule has 0 saturated carbocycles. The molecule has 3 rings (SSSR count). The molecule has 1 amide bonds. The minimum Gasteiger partial charge on any atom is -0.490 e. The van der Waals surface area contributed by atoms with E-state index in [1.807, 2.05) is 32.0 Å². The van der Waals surface area contributed by atoms with Gasteiger partial charge in [0.1, 0.15) is 12.3 Å². The highest BCUT2D eigenvalue weighted by molar-refractivity contribution is 7.80. The summed E-state index contributed by atoms with van der Waals surface area (Å²) in [5, 5.41) is 3.45. The molecule has 5 nitrogen and oxygen atoms in total. The summed E-state index contributed by atoms with van der Waals surface area (Å²) in [6, 6.07) is 13.9. The molecule has 0 aromatic heterocycles. The minimum absolute atomic E-state index is 0.102. The molecule has 0 spiro atoms. The Balaban J connectivity index is 1.77. The van der Waals surface area contributed by atoms with E-state index in [4.69, 9.17) is 21.7 Å². The van der Waals surface area contributed by atoms with Crippen LogP contribution >= 0.6 is 12.2 Å². The fraction of sp³-hybridized carbons (Fsp3) is 0.304. The van der Waals surface area contributed by atoms with Crippen LogP contribution in [0.2, 0.25) is 0 Å². The van der Waals surface area contributed by atoms with Crippen molar-refractivity contribution < 1.29 is 14.3 Å². The Bertz CT molecular complexity index is 922. The van der Waals surface area contributed by atoms with Crippen LogP contribution in [-0.4, -0.2) is 29.1 Å². The summed E-state index contributed by atoms with van der Waals surface area (Å²) in [4.78, 5) is 14.1. The second-order valence-corrected chi connectivity index (χ2v) is 7.25. The number of rotatable bonds is 8. The lowest BCUT2D eigenvalue weighted by molar-refractivity contribution is -0.122. The number of ether oxygens (including phenoxy) is 2.